The fraction of sp³-hybridized carbons (Fsp3) is 0.615. The van der Waals surface area contributed by atoms with Crippen molar-refractivity contribution in [2.45, 2.75) is 25.4 Å². The van der Waals surface area contributed by atoms with Gasteiger partial charge in [-0.2, -0.15) is 0 Å². The van der Waals surface area contributed by atoms with Crippen molar-refractivity contribution < 1.29 is 0 Å². The van der Waals surface area contributed by atoms with Gasteiger partial charge < -0.3 is 15.5 Å². The molecule has 1 saturated heterocycles. The van der Waals surface area contributed by atoms with Crippen LogP contribution in [0.5, 0.6) is 0 Å². The maximum atomic E-state index is 6.04. The standard InChI is InChI=1S/C13H21ClN4/c1-17-5-3-11(4-6-17)18(2)13-7-10(8-15)12(14)9-16-13/h7,9,11H,3-6,8,15H2,1-2H3. The van der Waals surface area contributed by atoms with E-state index in [1.54, 1.807) is 6.20 Å². The van der Waals surface area contributed by atoms with Crippen LogP contribution in [0, 0.1) is 0 Å². The lowest BCUT2D eigenvalue weighted by Crippen LogP contribution is -2.42. The van der Waals surface area contributed by atoms with E-state index in [1.807, 2.05) is 6.07 Å². The predicted octanol–water partition coefficient (Wildman–Crippen LogP) is 1.72. The molecule has 1 aromatic heterocycles. The van der Waals surface area contributed by atoms with Gasteiger partial charge in [-0.15, -0.1) is 0 Å². The van der Waals surface area contributed by atoms with Crippen LogP contribution in [-0.2, 0) is 6.54 Å². The zero-order valence-electron chi connectivity index (χ0n) is 11.1. The molecule has 2 N–H and O–H groups in total. The summed E-state index contributed by atoms with van der Waals surface area (Å²) in [5, 5.41) is 0.651. The van der Waals surface area contributed by atoms with Gasteiger partial charge in [0.25, 0.3) is 0 Å². The molecule has 0 atom stereocenters. The van der Waals surface area contributed by atoms with E-state index < -0.39 is 0 Å². The first kappa shape index (κ1) is 13.6. The van der Waals surface area contributed by atoms with Crippen LogP contribution < -0.4 is 10.6 Å². The van der Waals surface area contributed by atoms with Crippen LogP contribution >= 0.6 is 11.6 Å². The SMILES string of the molecule is CN1CCC(N(C)c2cc(CN)c(Cl)cn2)CC1. The predicted molar refractivity (Wildman–Crippen MR) is 76.1 cm³/mol. The van der Waals surface area contributed by atoms with E-state index in [2.05, 4.69) is 28.9 Å². The summed E-state index contributed by atoms with van der Waals surface area (Å²) in [5.41, 5.74) is 6.64. The van der Waals surface area contributed by atoms with Crippen LogP contribution in [0.1, 0.15) is 18.4 Å². The first-order valence-corrected chi connectivity index (χ1v) is 6.75. The summed E-state index contributed by atoms with van der Waals surface area (Å²) in [6.07, 6.45) is 4.05. The highest BCUT2D eigenvalue weighted by atomic mass is 35.5. The molecule has 0 radical (unpaired) electrons. The Balaban J connectivity index is 2.10. The van der Waals surface area contributed by atoms with E-state index >= 15 is 0 Å². The van der Waals surface area contributed by atoms with E-state index in [1.165, 1.54) is 12.8 Å². The van der Waals surface area contributed by atoms with E-state index in [9.17, 15) is 0 Å². The average Bonchev–Trinajstić information content (AvgIpc) is 2.39. The van der Waals surface area contributed by atoms with E-state index in [0.29, 0.717) is 17.6 Å². The van der Waals surface area contributed by atoms with Crippen LogP contribution in [0.15, 0.2) is 12.3 Å². The van der Waals surface area contributed by atoms with Crippen LogP contribution in [-0.4, -0.2) is 43.1 Å². The molecule has 0 saturated carbocycles. The van der Waals surface area contributed by atoms with Crippen molar-refractivity contribution in [3.8, 4) is 0 Å². The lowest BCUT2D eigenvalue weighted by Gasteiger charge is -2.35. The van der Waals surface area contributed by atoms with E-state index in [0.717, 1.165) is 24.5 Å². The van der Waals surface area contributed by atoms with Gasteiger partial charge in [-0.1, -0.05) is 11.6 Å². The molecule has 2 heterocycles. The van der Waals surface area contributed by atoms with Gasteiger partial charge in [-0.3, -0.25) is 0 Å². The first-order valence-electron chi connectivity index (χ1n) is 6.37. The molecule has 4 nitrogen and oxygen atoms in total. The zero-order valence-corrected chi connectivity index (χ0v) is 11.8. The summed E-state index contributed by atoms with van der Waals surface area (Å²) < 4.78 is 0. The first-order chi connectivity index (χ1) is 8.61. The maximum Gasteiger partial charge on any atom is 0.128 e. The summed E-state index contributed by atoms with van der Waals surface area (Å²) in [5.74, 6) is 0.967. The van der Waals surface area contributed by atoms with Gasteiger partial charge in [0.15, 0.2) is 0 Å². The Morgan fingerprint density at radius 3 is 2.78 bits per heavy atom. The van der Waals surface area contributed by atoms with Crippen LogP contribution in [0.4, 0.5) is 5.82 Å². The number of nitrogens with zero attached hydrogens (tertiary/aromatic N) is 3. The van der Waals surface area contributed by atoms with Crippen LogP contribution in [0.2, 0.25) is 5.02 Å². The van der Waals surface area contributed by atoms with Gasteiger partial charge in [0.05, 0.1) is 5.02 Å². The molecular formula is C13H21ClN4. The number of hydrogen-bond donors (Lipinski definition) is 1. The second kappa shape index (κ2) is 5.87. The lowest BCUT2D eigenvalue weighted by atomic mass is 10.0. The summed E-state index contributed by atoms with van der Waals surface area (Å²) in [6, 6.07) is 2.56. The molecular weight excluding hydrogens is 248 g/mol. The van der Waals surface area contributed by atoms with Gasteiger partial charge >= 0.3 is 0 Å². The van der Waals surface area contributed by atoms with Gasteiger partial charge in [0, 0.05) is 25.8 Å². The Bertz CT molecular complexity index is 402. The minimum Gasteiger partial charge on any atom is -0.357 e. The fourth-order valence-electron chi connectivity index (χ4n) is 2.39. The molecule has 0 aromatic carbocycles. The highest BCUT2D eigenvalue weighted by Gasteiger charge is 2.21. The molecule has 0 amide bonds. The zero-order chi connectivity index (χ0) is 13.1. The van der Waals surface area contributed by atoms with Crippen LogP contribution in [0.3, 0.4) is 0 Å². The Morgan fingerprint density at radius 1 is 1.50 bits per heavy atom. The molecule has 18 heavy (non-hydrogen) atoms. The van der Waals surface area contributed by atoms with Gasteiger partial charge in [0.1, 0.15) is 5.82 Å². The molecule has 100 valence electrons. The third-order valence-corrected chi connectivity index (χ3v) is 4.08. The second-order valence-electron chi connectivity index (χ2n) is 4.98. The smallest absolute Gasteiger partial charge is 0.128 e. The molecule has 1 aliphatic heterocycles. The Kier molecular flexibility index (Phi) is 4.43. The molecule has 0 spiro atoms. The third-order valence-electron chi connectivity index (χ3n) is 3.74. The molecule has 1 aliphatic rings. The maximum absolute atomic E-state index is 6.04. The summed E-state index contributed by atoms with van der Waals surface area (Å²) in [4.78, 5) is 9.02. The van der Waals surface area contributed by atoms with Gasteiger partial charge in [0.2, 0.25) is 0 Å². The highest BCUT2D eigenvalue weighted by Crippen LogP contribution is 2.23. The normalized spacial score (nSPS) is 18.0. The molecule has 2 rings (SSSR count). The fourth-order valence-corrected chi connectivity index (χ4v) is 2.57. The highest BCUT2D eigenvalue weighted by molar-refractivity contribution is 6.31. The molecule has 1 aromatic rings. The second-order valence-corrected chi connectivity index (χ2v) is 5.39. The van der Waals surface area contributed by atoms with Gasteiger partial charge in [-0.25, -0.2) is 4.98 Å². The van der Waals surface area contributed by atoms with Crippen molar-refractivity contribution >= 4 is 17.4 Å². The molecule has 0 bridgehead atoms. The summed E-state index contributed by atoms with van der Waals surface area (Å²) >= 11 is 6.04. The number of anilines is 1. The number of likely N-dealkylation sites (tertiary alicyclic amines) is 1. The molecule has 0 unspecified atom stereocenters. The Labute approximate surface area is 114 Å². The molecule has 5 heteroatoms. The number of halogens is 1. The topological polar surface area (TPSA) is 45.4 Å². The van der Waals surface area contributed by atoms with Gasteiger partial charge in [-0.05, 0) is 44.6 Å². The monoisotopic (exact) mass is 268 g/mol. The third kappa shape index (κ3) is 2.94. The van der Waals surface area contributed by atoms with E-state index in [-0.39, 0.29) is 0 Å². The van der Waals surface area contributed by atoms with Crippen molar-refractivity contribution in [3.63, 3.8) is 0 Å². The quantitative estimate of drug-likeness (QED) is 0.907. The van der Waals surface area contributed by atoms with Crippen molar-refractivity contribution in [1.29, 1.82) is 0 Å². The number of aromatic nitrogens is 1. The Morgan fingerprint density at radius 2 is 2.17 bits per heavy atom. The van der Waals surface area contributed by atoms with Crippen molar-refractivity contribution in [1.82, 2.24) is 9.88 Å². The lowest BCUT2D eigenvalue weighted by molar-refractivity contribution is 0.252. The van der Waals surface area contributed by atoms with E-state index in [4.69, 9.17) is 17.3 Å². The number of piperidine rings is 1. The van der Waals surface area contributed by atoms with Crippen LogP contribution in [0.25, 0.3) is 0 Å². The summed E-state index contributed by atoms with van der Waals surface area (Å²) in [6.45, 7) is 2.74. The number of nitrogens with two attached hydrogens (primary N) is 1. The largest absolute Gasteiger partial charge is 0.357 e. The Hall–Kier alpha value is -0.840. The average molecular weight is 269 g/mol. The van der Waals surface area contributed by atoms with Crippen molar-refractivity contribution in [2.24, 2.45) is 5.73 Å². The minimum absolute atomic E-state index is 0.454. The number of hydrogen-bond acceptors (Lipinski definition) is 4. The molecule has 0 aliphatic carbocycles. The number of rotatable bonds is 3. The molecule has 1 fully saturated rings. The van der Waals surface area contributed by atoms with Crippen molar-refractivity contribution in [3.05, 3.63) is 22.8 Å². The minimum atomic E-state index is 0.454. The summed E-state index contributed by atoms with van der Waals surface area (Å²) in [7, 11) is 4.27. The number of pyridine rings is 1. The van der Waals surface area contributed by atoms with Crippen molar-refractivity contribution in [2.75, 3.05) is 32.1 Å².